The smallest absolute Gasteiger partial charge is 0.263 e. The van der Waals surface area contributed by atoms with Gasteiger partial charge in [0.25, 0.3) is 5.91 Å². The summed E-state index contributed by atoms with van der Waals surface area (Å²) in [5.41, 5.74) is 2.17. The van der Waals surface area contributed by atoms with Crippen LogP contribution in [0.1, 0.15) is 26.7 Å². The van der Waals surface area contributed by atoms with E-state index in [1.54, 1.807) is 0 Å². The van der Waals surface area contributed by atoms with Crippen LogP contribution in [-0.2, 0) is 9.53 Å². The minimum absolute atomic E-state index is 0.158. The van der Waals surface area contributed by atoms with Crippen molar-refractivity contribution in [2.24, 2.45) is 5.84 Å². The van der Waals surface area contributed by atoms with Gasteiger partial charge in [-0.3, -0.25) is 20.0 Å². The number of ether oxygens (including phenoxy) is 1. The van der Waals surface area contributed by atoms with Crippen LogP contribution in [0.2, 0.25) is 0 Å². The van der Waals surface area contributed by atoms with Crippen LogP contribution < -0.4 is 11.3 Å². The summed E-state index contributed by atoms with van der Waals surface area (Å²) in [6.45, 7) is 7.55. The molecule has 4 atom stereocenters. The number of piperazine rings is 1. The number of amides is 1. The highest BCUT2D eigenvalue weighted by molar-refractivity contribution is 5.80. The number of nitrogens with two attached hydrogens (primary N) is 1. The summed E-state index contributed by atoms with van der Waals surface area (Å²) in [5.74, 6) is 4.93. The van der Waals surface area contributed by atoms with E-state index in [0.717, 1.165) is 32.5 Å². The molecule has 0 bridgehead atoms. The maximum absolute atomic E-state index is 11.4. The lowest BCUT2D eigenvalue weighted by molar-refractivity contribution is -0.132. The molecule has 110 valence electrons. The Kier molecular flexibility index (Phi) is 4.78. The van der Waals surface area contributed by atoms with Crippen molar-refractivity contribution in [3.63, 3.8) is 0 Å². The van der Waals surface area contributed by atoms with E-state index in [4.69, 9.17) is 10.6 Å². The van der Waals surface area contributed by atoms with Gasteiger partial charge in [0.15, 0.2) is 0 Å². The summed E-state index contributed by atoms with van der Waals surface area (Å²) in [4.78, 5) is 16.3. The Morgan fingerprint density at radius 3 is 2.53 bits per heavy atom. The second kappa shape index (κ2) is 6.17. The lowest BCUT2D eigenvalue weighted by Crippen LogP contribution is -2.56. The van der Waals surface area contributed by atoms with Crippen molar-refractivity contribution in [3.8, 4) is 0 Å². The predicted octanol–water partition coefficient (Wildman–Crippen LogP) is -0.452. The number of nitrogens with one attached hydrogen (secondary N) is 1. The van der Waals surface area contributed by atoms with Crippen molar-refractivity contribution in [2.45, 2.75) is 51.0 Å². The largest absolute Gasteiger partial charge is 0.364 e. The molecule has 0 radical (unpaired) electrons. The SMILES string of the molecule is CC1CN(CC2CCC(C(=O)NN)O2)CC(C)N1C. The fourth-order valence-corrected chi connectivity index (χ4v) is 3.08. The maximum Gasteiger partial charge on any atom is 0.263 e. The van der Waals surface area contributed by atoms with Crippen molar-refractivity contribution in [1.29, 1.82) is 0 Å². The van der Waals surface area contributed by atoms with E-state index in [0.29, 0.717) is 12.1 Å². The van der Waals surface area contributed by atoms with Crippen molar-refractivity contribution in [3.05, 3.63) is 0 Å². The molecular formula is C13H26N4O2. The molecule has 2 fully saturated rings. The molecule has 0 saturated carbocycles. The Morgan fingerprint density at radius 1 is 1.32 bits per heavy atom. The van der Waals surface area contributed by atoms with Crippen LogP contribution in [0, 0.1) is 0 Å². The van der Waals surface area contributed by atoms with Gasteiger partial charge in [0.05, 0.1) is 6.10 Å². The highest BCUT2D eigenvalue weighted by Gasteiger charge is 2.33. The Morgan fingerprint density at radius 2 is 1.95 bits per heavy atom. The first-order valence-electron chi connectivity index (χ1n) is 7.11. The van der Waals surface area contributed by atoms with Gasteiger partial charge in [0, 0.05) is 31.7 Å². The third-order valence-corrected chi connectivity index (χ3v) is 4.44. The lowest BCUT2D eigenvalue weighted by Gasteiger charge is -2.43. The Balaban J connectivity index is 1.81. The van der Waals surface area contributed by atoms with Crippen LogP contribution in [-0.4, -0.2) is 66.7 Å². The second-order valence-corrected chi connectivity index (χ2v) is 5.91. The summed E-state index contributed by atoms with van der Waals surface area (Å²) in [6.07, 6.45) is 1.50. The average Bonchev–Trinajstić information content (AvgIpc) is 2.83. The zero-order chi connectivity index (χ0) is 14.0. The van der Waals surface area contributed by atoms with E-state index in [9.17, 15) is 4.79 Å². The second-order valence-electron chi connectivity index (χ2n) is 5.91. The molecule has 19 heavy (non-hydrogen) atoms. The normalized spacial score (nSPS) is 37.5. The third kappa shape index (κ3) is 3.45. The standard InChI is InChI=1S/C13H26N4O2/c1-9-6-17(7-10(2)16(9)3)8-11-4-5-12(19-11)13(18)15-14/h9-12H,4-8,14H2,1-3H3,(H,15,18). The monoisotopic (exact) mass is 270 g/mol. The summed E-state index contributed by atoms with van der Waals surface area (Å²) in [7, 11) is 2.18. The number of rotatable bonds is 3. The van der Waals surface area contributed by atoms with Gasteiger partial charge in [-0.15, -0.1) is 0 Å². The molecule has 6 heteroatoms. The molecule has 3 N–H and O–H groups in total. The molecule has 0 aliphatic carbocycles. The highest BCUT2D eigenvalue weighted by Crippen LogP contribution is 2.22. The predicted molar refractivity (Wildman–Crippen MR) is 73.4 cm³/mol. The molecule has 2 saturated heterocycles. The third-order valence-electron chi connectivity index (χ3n) is 4.44. The minimum Gasteiger partial charge on any atom is -0.364 e. The number of nitrogens with zero attached hydrogens (tertiary/aromatic N) is 2. The fourth-order valence-electron chi connectivity index (χ4n) is 3.08. The van der Waals surface area contributed by atoms with Gasteiger partial charge in [0.2, 0.25) is 0 Å². The van der Waals surface area contributed by atoms with Crippen molar-refractivity contribution in [1.82, 2.24) is 15.2 Å². The Bertz CT molecular complexity index is 314. The van der Waals surface area contributed by atoms with Crippen LogP contribution in [0.5, 0.6) is 0 Å². The van der Waals surface area contributed by atoms with E-state index < -0.39 is 0 Å². The number of carbonyl (C=O) groups is 1. The van der Waals surface area contributed by atoms with Gasteiger partial charge in [-0.2, -0.15) is 0 Å². The van der Waals surface area contributed by atoms with Crippen LogP contribution in [0.3, 0.4) is 0 Å². The van der Waals surface area contributed by atoms with Gasteiger partial charge in [0.1, 0.15) is 6.10 Å². The molecule has 2 aliphatic rings. The van der Waals surface area contributed by atoms with Crippen molar-refractivity contribution < 1.29 is 9.53 Å². The lowest BCUT2D eigenvalue weighted by atomic mass is 10.1. The molecule has 0 aromatic rings. The number of hydrazine groups is 1. The van der Waals surface area contributed by atoms with Crippen LogP contribution in [0.4, 0.5) is 0 Å². The molecule has 4 unspecified atom stereocenters. The van der Waals surface area contributed by atoms with Crippen LogP contribution >= 0.6 is 0 Å². The molecule has 2 rings (SSSR count). The molecule has 1 amide bonds. The van der Waals surface area contributed by atoms with E-state index >= 15 is 0 Å². The quantitative estimate of drug-likeness (QED) is 0.413. The minimum atomic E-state index is -0.364. The van der Waals surface area contributed by atoms with Gasteiger partial charge >= 0.3 is 0 Å². The molecular weight excluding hydrogens is 244 g/mol. The number of hydrogen-bond donors (Lipinski definition) is 2. The zero-order valence-electron chi connectivity index (χ0n) is 12.1. The molecule has 0 aromatic carbocycles. The number of likely N-dealkylation sites (N-methyl/N-ethyl adjacent to an activating group) is 1. The number of carbonyl (C=O) groups excluding carboxylic acids is 1. The van der Waals surface area contributed by atoms with E-state index in [2.05, 4.69) is 36.1 Å². The average molecular weight is 270 g/mol. The van der Waals surface area contributed by atoms with E-state index in [1.165, 1.54) is 0 Å². The van der Waals surface area contributed by atoms with Crippen LogP contribution in [0.25, 0.3) is 0 Å². The van der Waals surface area contributed by atoms with Crippen molar-refractivity contribution >= 4 is 5.91 Å². The molecule has 6 nitrogen and oxygen atoms in total. The molecule has 2 aliphatic heterocycles. The molecule has 0 spiro atoms. The fraction of sp³-hybridized carbons (Fsp3) is 0.923. The Labute approximate surface area is 115 Å². The first-order valence-corrected chi connectivity index (χ1v) is 7.11. The summed E-state index contributed by atoms with van der Waals surface area (Å²) in [6, 6.07) is 1.13. The van der Waals surface area contributed by atoms with Gasteiger partial charge in [-0.25, -0.2) is 5.84 Å². The topological polar surface area (TPSA) is 70.8 Å². The van der Waals surface area contributed by atoms with Crippen LogP contribution in [0.15, 0.2) is 0 Å². The first kappa shape index (κ1) is 14.7. The van der Waals surface area contributed by atoms with Crippen molar-refractivity contribution in [2.75, 3.05) is 26.7 Å². The van der Waals surface area contributed by atoms with Gasteiger partial charge in [-0.1, -0.05) is 0 Å². The summed E-state index contributed by atoms with van der Waals surface area (Å²) >= 11 is 0. The first-order chi connectivity index (χ1) is 9.01. The Hall–Kier alpha value is -0.690. The van der Waals surface area contributed by atoms with Gasteiger partial charge < -0.3 is 4.74 Å². The zero-order valence-corrected chi connectivity index (χ0v) is 12.1. The highest BCUT2D eigenvalue weighted by atomic mass is 16.5. The van der Waals surface area contributed by atoms with E-state index in [1.807, 2.05) is 0 Å². The molecule has 0 aromatic heterocycles. The van der Waals surface area contributed by atoms with Gasteiger partial charge in [-0.05, 0) is 33.7 Å². The maximum atomic E-state index is 11.4. The van der Waals surface area contributed by atoms with E-state index in [-0.39, 0.29) is 18.1 Å². The summed E-state index contributed by atoms with van der Waals surface area (Å²) < 4.78 is 5.77. The molecule has 2 heterocycles. The summed E-state index contributed by atoms with van der Waals surface area (Å²) in [5, 5.41) is 0. The number of hydrogen-bond acceptors (Lipinski definition) is 5.